The van der Waals surface area contributed by atoms with Crippen molar-refractivity contribution in [2.75, 3.05) is 27.2 Å². The van der Waals surface area contributed by atoms with Crippen molar-refractivity contribution < 1.29 is 9.90 Å². The Bertz CT molecular complexity index is 1140. The Kier molecular flexibility index (Phi) is 4.98. The largest absolute Gasteiger partial charge is 0.493 e. The molecular formula is C22H22N6O2. The lowest BCUT2D eigenvalue weighted by Crippen LogP contribution is -2.59. The fraction of sp³-hybridized carbons (Fsp3) is 0.273. The fourth-order valence-electron chi connectivity index (χ4n) is 3.50. The standard InChI is InChI=1S/C22H22N6O2/c1-14-8-15(9-23)4-6-18(14)19-11-25-28(22(19)30)20-7-5-16(10-24-20)21(29)27-12-17(13-27)26(2)3/h4-8,10-11,17,30H,12-13H2,1-3H3. The summed E-state index contributed by atoms with van der Waals surface area (Å²) in [7, 11) is 4.01. The van der Waals surface area contributed by atoms with Crippen LogP contribution < -0.4 is 0 Å². The van der Waals surface area contributed by atoms with Crippen molar-refractivity contribution in [2.24, 2.45) is 0 Å². The van der Waals surface area contributed by atoms with E-state index >= 15 is 0 Å². The van der Waals surface area contributed by atoms with Crippen LogP contribution in [0.3, 0.4) is 0 Å². The number of aryl methyl sites for hydroxylation is 1. The topological polar surface area (TPSA) is 98.3 Å². The minimum atomic E-state index is -0.0502. The van der Waals surface area contributed by atoms with Gasteiger partial charge in [-0.25, -0.2) is 4.98 Å². The smallest absolute Gasteiger partial charge is 0.255 e. The molecule has 3 heterocycles. The van der Waals surface area contributed by atoms with Crippen LogP contribution in [0.4, 0.5) is 0 Å². The zero-order valence-electron chi connectivity index (χ0n) is 17.1. The molecule has 1 aliphatic heterocycles. The van der Waals surface area contributed by atoms with Gasteiger partial charge in [-0.1, -0.05) is 6.07 Å². The molecule has 0 aliphatic carbocycles. The fourth-order valence-corrected chi connectivity index (χ4v) is 3.50. The van der Waals surface area contributed by atoms with E-state index in [-0.39, 0.29) is 11.8 Å². The molecule has 8 nitrogen and oxygen atoms in total. The van der Waals surface area contributed by atoms with Crippen molar-refractivity contribution in [3.63, 3.8) is 0 Å². The molecule has 0 unspecified atom stereocenters. The van der Waals surface area contributed by atoms with Crippen LogP contribution >= 0.6 is 0 Å². The van der Waals surface area contributed by atoms with E-state index in [0.717, 1.165) is 11.1 Å². The SMILES string of the molecule is Cc1cc(C#N)ccc1-c1cnn(-c2ccc(C(=O)N3CC(N(C)C)C3)cn2)c1O. The molecule has 8 heteroatoms. The zero-order chi connectivity index (χ0) is 21.4. The lowest BCUT2D eigenvalue weighted by atomic mass is 10.0. The van der Waals surface area contributed by atoms with Crippen LogP contribution in [0.25, 0.3) is 16.9 Å². The second-order valence-corrected chi connectivity index (χ2v) is 7.67. The van der Waals surface area contributed by atoms with Crippen molar-refractivity contribution in [1.82, 2.24) is 24.6 Å². The molecule has 0 bridgehead atoms. The van der Waals surface area contributed by atoms with Crippen LogP contribution in [0.1, 0.15) is 21.5 Å². The molecule has 1 fully saturated rings. The number of nitriles is 1. The summed E-state index contributed by atoms with van der Waals surface area (Å²) in [6, 6.07) is 11.1. The van der Waals surface area contributed by atoms with Crippen LogP contribution in [-0.2, 0) is 0 Å². The Labute approximate surface area is 174 Å². The van der Waals surface area contributed by atoms with Crippen LogP contribution in [-0.4, -0.2) is 68.8 Å². The Balaban J connectivity index is 1.55. The summed E-state index contributed by atoms with van der Waals surface area (Å²) >= 11 is 0. The van der Waals surface area contributed by atoms with Crippen LogP contribution in [0.15, 0.2) is 42.7 Å². The van der Waals surface area contributed by atoms with Gasteiger partial charge >= 0.3 is 0 Å². The van der Waals surface area contributed by atoms with Gasteiger partial charge in [0.2, 0.25) is 5.88 Å². The molecule has 1 aromatic carbocycles. The number of likely N-dealkylation sites (N-methyl/N-ethyl adjacent to an activating group) is 1. The zero-order valence-corrected chi connectivity index (χ0v) is 17.1. The predicted octanol–water partition coefficient (Wildman–Crippen LogP) is 2.21. The first kappa shape index (κ1) is 19.6. The second-order valence-electron chi connectivity index (χ2n) is 7.67. The van der Waals surface area contributed by atoms with Crippen molar-refractivity contribution in [1.29, 1.82) is 5.26 Å². The van der Waals surface area contributed by atoms with Gasteiger partial charge in [0.05, 0.1) is 29.0 Å². The van der Waals surface area contributed by atoms with Crippen LogP contribution in [0.5, 0.6) is 5.88 Å². The molecule has 3 aromatic rings. The maximum absolute atomic E-state index is 12.6. The number of aromatic hydroxyl groups is 1. The molecule has 1 N–H and O–H groups in total. The number of hydrogen-bond acceptors (Lipinski definition) is 6. The van der Waals surface area contributed by atoms with E-state index in [1.54, 1.807) is 41.4 Å². The lowest BCUT2D eigenvalue weighted by molar-refractivity contribution is 0.0399. The number of aromatic nitrogens is 3. The molecule has 1 amide bonds. The number of carbonyl (C=O) groups excluding carboxylic acids is 1. The summed E-state index contributed by atoms with van der Waals surface area (Å²) < 4.78 is 1.33. The average Bonchev–Trinajstić information content (AvgIpc) is 3.07. The average molecular weight is 402 g/mol. The summed E-state index contributed by atoms with van der Waals surface area (Å²) in [5, 5.41) is 24.0. The monoisotopic (exact) mass is 402 g/mol. The van der Waals surface area contributed by atoms with E-state index in [1.807, 2.05) is 21.0 Å². The molecular weight excluding hydrogens is 380 g/mol. The van der Waals surface area contributed by atoms with Crippen molar-refractivity contribution >= 4 is 5.91 Å². The maximum atomic E-state index is 12.6. The van der Waals surface area contributed by atoms with Gasteiger partial charge in [-0.05, 0) is 56.4 Å². The van der Waals surface area contributed by atoms with Gasteiger partial charge in [0, 0.05) is 25.3 Å². The second kappa shape index (κ2) is 7.61. The lowest BCUT2D eigenvalue weighted by Gasteiger charge is -2.42. The normalized spacial score (nSPS) is 13.9. The minimum Gasteiger partial charge on any atom is -0.493 e. The number of rotatable bonds is 4. The maximum Gasteiger partial charge on any atom is 0.255 e. The number of benzene rings is 1. The third-order valence-electron chi connectivity index (χ3n) is 5.48. The van der Waals surface area contributed by atoms with E-state index in [1.165, 1.54) is 10.9 Å². The first-order chi connectivity index (χ1) is 14.4. The first-order valence-electron chi connectivity index (χ1n) is 9.59. The predicted molar refractivity (Wildman–Crippen MR) is 111 cm³/mol. The number of amides is 1. The van der Waals surface area contributed by atoms with Gasteiger partial charge in [-0.2, -0.15) is 15.0 Å². The molecule has 0 saturated carbocycles. The van der Waals surface area contributed by atoms with Gasteiger partial charge in [0.1, 0.15) is 0 Å². The van der Waals surface area contributed by atoms with E-state index in [9.17, 15) is 9.90 Å². The summed E-state index contributed by atoms with van der Waals surface area (Å²) in [5.74, 6) is 0.313. The Morgan fingerprint density at radius 3 is 2.57 bits per heavy atom. The summed E-state index contributed by atoms with van der Waals surface area (Å²) in [6.07, 6.45) is 3.07. The van der Waals surface area contributed by atoms with Crippen LogP contribution in [0, 0.1) is 18.3 Å². The minimum absolute atomic E-state index is 0.0500. The molecule has 0 radical (unpaired) electrons. The van der Waals surface area contributed by atoms with E-state index in [0.29, 0.717) is 41.6 Å². The Morgan fingerprint density at radius 2 is 1.97 bits per heavy atom. The molecule has 1 saturated heterocycles. The molecule has 0 spiro atoms. The molecule has 30 heavy (non-hydrogen) atoms. The highest BCUT2D eigenvalue weighted by atomic mass is 16.3. The Hall–Kier alpha value is -3.70. The van der Waals surface area contributed by atoms with Crippen molar-refractivity contribution in [3.05, 3.63) is 59.4 Å². The highest BCUT2D eigenvalue weighted by molar-refractivity contribution is 5.94. The highest BCUT2D eigenvalue weighted by Crippen LogP contribution is 2.33. The molecule has 4 rings (SSSR count). The van der Waals surface area contributed by atoms with Crippen molar-refractivity contribution in [3.8, 4) is 28.9 Å². The van der Waals surface area contributed by atoms with E-state index < -0.39 is 0 Å². The molecule has 2 aromatic heterocycles. The Morgan fingerprint density at radius 1 is 1.20 bits per heavy atom. The molecule has 1 aliphatic rings. The highest BCUT2D eigenvalue weighted by Gasteiger charge is 2.32. The van der Waals surface area contributed by atoms with Crippen molar-refractivity contribution in [2.45, 2.75) is 13.0 Å². The number of hydrogen-bond donors (Lipinski definition) is 1. The van der Waals surface area contributed by atoms with Gasteiger partial charge < -0.3 is 14.9 Å². The van der Waals surface area contributed by atoms with E-state index in [2.05, 4.69) is 21.1 Å². The van der Waals surface area contributed by atoms with Gasteiger partial charge in [-0.3, -0.25) is 4.79 Å². The number of likely N-dealkylation sites (tertiary alicyclic amines) is 1. The third-order valence-corrected chi connectivity index (χ3v) is 5.48. The van der Waals surface area contributed by atoms with Crippen LogP contribution in [0.2, 0.25) is 0 Å². The molecule has 0 atom stereocenters. The van der Waals surface area contributed by atoms with Gasteiger partial charge in [0.15, 0.2) is 5.82 Å². The van der Waals surface area contributed by atoms with E-state index in [4.69, 9.17) is 5.26 Å². The van der Waals surface area contributed by atoms with Gasteiger partial charge in [-0.15, -0.1) is 0 Å². The number of nitrogens with zero attached hydrogens (tertiary/aromatic N) is 6. The first-order valence-corrected chi connectivity index (χ1v) is 9.59. The summed E-state index contributed by atoms with van der Waals surface area (Å²) in [5.41, 5.74) is 3.27. The quantitative estimate of drug-likeness (QED) is 0.718. The molecule has 152 valence electrons. The number of carbonyl (C=O) groups is 1. The third kappa shape index (κ3) is 3.40. The van der Waals surface area contributed by atoms with Gasteiger partial charge in [0.25, 0.3) is 5.91 Å². The number of pyridine rings is 1. The summed E-state index contributed by atoms with van der Waals surface area (Å²) in [6.45, 7) is 3.30. The summed E-state index contributed by atoms with van der Waals surface area (Å²) in [4.78, 5) is 20.8.